The lowest BCUT2D eigenvalue weighted by molar-refractivity contribution is -0.128. The third-order valence-electron chi connectivity index (χ3n) is 5.99. The van der Waals surface area contributed by atoms with Gasteiger partial charge >= 0.3 is 0 Å². The molecular weight excluding hydrogens is 436 g/mol. The van der Waals surface area contributed by atoms with Crippen LogP contribution in [0.5, 0.6) is 0 Å². The summed E-state index contributed by atoms with van der Waals surface area (Å²) >= 11 is 0. The molecule has 0 spiro atoms. The Labute approximate surface area is 193 Å². The number of hydrogen-bond acceptors (Lipinski definition) is 8. The lowest BCUT2D eigenvalue weighted by Crippen LogP contribution is -2.27. The van der Waals surface area contributed by atoms with Crippen LogP contribution in [0.25, 0.3) is 33.4 Å². The number of amides is 1. The number of ether oxygens (including phenoxy) is 1. The number of aryl methyl sites for hydroxylation is 2. The van der Waals surface area contributed by atoms with Gasteiger partial charge in [0.2, 0.25) is 0 Å². The summed E-state index contributed by atoms with van der Waals surface area (Å²) in [5.41, 5.74) is 10.4. The van der Waals surface area contributed by atoms with Crippen molar-refractivity contribution in [3.05, 3.63) is 48.9 Å². The van der Waals surface area contributed by atoms with E-state index in [1.54, 1.807) is 29.8 Å². The molecule has 1 aliphatic heterocycles. The third-order valence-corrected chi connectivity index (χ3v) is 5.99. The van der Waals surface area contributed by atoms with Gasteiger partial charge in [0.15, 0.2) is 11.5 Å². The van der Waals surface area contributed by atoms with Crippen molar-refractivity contribution in [1.82, 2.24) is 29.3 Å². The van der Waals surface area contributed by atoms with E-state index in [-0.39, 0.29) is 12.1 Å². The first-order chi connectivity index (χ1) is 16.5. The Morgan fingerprint density at radius 3 is 2.94 bits per heavy atom. The Bertz CT molecular complexity index is 1550. The molecule has 4 aromatic heterocycles. The Balaban J connectivity index is 1.26. The summed E-state index contributed by atoms with van der Waals surface area (Å²) in [6.07, 6.45) is 5.46. The van der Waals surface area contributed by atoms with Crippen LogP contribution in [-0.4, -0.2) is 41.3 Å². The van der Waals surface area contributed by atoms with Gasteiger partial charge < -0.3 is 24.8 Å². The van der Waals surface area contributed by atoms with Gasteiger partial charge in [0, 0.05) is 37.6 Å². The zero-order chi connectivity index (χ0) is 23.4. The van der Waals surface area contributed by atoms with Crippen LogP contribution in [0.15, 0.2) is 47.4 Å². The van der Waals surface area contributed by atoms with E-state index in [0.29, 0.717) is 52.4 Å². The Hall–Kier alpha value is -4.25. The molecule has 1 amide bonds. The number of nitrogen functional groups attached to an aromatic ring is 1. The van der Waals surface area contributed by atoms with E-state index in [4.69, 9.17) is 14.9 Å². The monoisotopic (exact) mass is 458 g/mol. The summed E-state index contributed by atoms with van der Waals surface area (Å²) in [4.78, 5) is 25.9. The van der Waals surface area contributed by atoms with Crippen molar-refractivity contribution in [1.29, 1.82) is 0 Å². The number of aromatic nitrogens is 6. The molecule has 0 aliphatic carbocycles. The highest BCUT2D eigenvalue weighted by Crippen LogP contribution is 2.37. The van der Waals surface area contributed by atoms with Gasteiger partial charge in [0.05, 0.1) is 11.1 Å². The lowest BCUT2D eigenvalue weighted by atomic mass is 10.2. The van der Waals surface area contributed by atoms with E-state index in [2.05, 4.69) is 25.4 Å². The van der Waals surface area contributed by atoms with Crippen molar-refractivity contribution in [2.45, 2.75) is 32.1 Å². The molecule has 1 fully saturated rings. The number of oxazole rings is 1. The minimum Gasteiger partial charge on any atom is -0.441 e. The number of benzene rings is 1. The first-order valence-corrected chi connectivity index (χ1v) is 10.9. The van der Waals surface area contributed by atoms with Crippen LogP contribution in [0.4, 0.5) is 11.5 Å². The number of rotatable bonds is 4. The largest absolute Gasteiger partial charge is 0.441 e. The van der Waals surface area contributed by atoms with Crippen LogP contribution in [0.1, 0.15) is 25.0 Å². The van der Waals surface area contributed by atoms with Crippen molar-refractivity contribution in [2.24, 2.45) is 7.05 Å². The third kappa shape index (κ3) is 3.37. The average molecular weight is 458 g/mol. The van der Waals surface area contributed by atoms with Crippen molar-refractivity contribution in [3.63, 3.8) is 0 Å². The van der Waals surface area contributed by atoms with Crippen LogP contribution in [-0.2, 0) is 16.6 Å². The first kappa shape index (κ1) is 20.4. The van der Waals surface area contributed by atoms with Gasteiger partial charge in [-0.15, -0.1) is 0 Å². The molecule has 11 heteroatoms. The second kappa shape index (κ2) is 7.66. The van der Waals surface area contributed by atoms with Crippen LogP contribution in [0, 0.1) is 6.92 Å². The normalized spacial score (nSPS) is 18.2. The highest BCUT2D eigenvalue weighted by atomic mass is 16.5. The predicted octanol–water partition coefficient (Wildman–Crippen LogP) is 3.18. The maximum Gasteiger partial charge on any atom is 0.253 e. The number of fused-ring (bicyclic) bond motifs is 2. The summed E-state index contributed by atoms with van der Waals surface area (Å²) in [7, 11) is 1.85. The molecule has 1 saturated heterocycles. The fourth-order valence-electron chi connectivity index (χ4n) is 4.44. The maximum absolute atomic E-state index is 12.9. The van der Waals surface area contributed by atoms with Crippen LogP contribution < -0.4 is 11.1 Å². The molecule has 172 valence electrons. The molecule has 1 aliphatic rings. The SMILES string of the molecule is Cc1nc2cc(NC(=O)C3CCC(n4cc(-c5ccn(C)n5)c5c(N)ncnc54)O3)ccc2o1. The van der Waals surface area contributed by atoms with E-state index < -0.39 is 6.10 Å². The van der Waals surface area contributed by atoms with Gasteiger partial charge in [0.25, 0.3) is 5.91 Å². The zero-order valence-electron chi connectivity index (χ0n) is 18.6. The van der Waals surface area contributed by atoms with Crippen LogP contribution in [0.3, 0.4) is 0 Å². The maximum atomic E-state index is 12.9. The van der Waals surface area contributed by atoms with Gasteiger partial charge in [-0.25, -0.2) is 15.0 Å². The highest BCUT2D eigenvalue weighted by molar-refractivity contribution is 6.00. The second-order valence-corrected chi connectivity index (χ2v) is 8.34. The number of hydrogen-bond donors (Lipinski definition) is 2. The van der Waals surface area contributed by atoms with E-state index in [9.17, 15) is 4.79 Å². The van der Waals surface area contributed by atoms with Gasteiger partial charge in [-0.1, -0.05) is 0 Å². The fourth-order valence-corrected chi connectivity index (χ4v) is 4.44. The van der Waals surface area contributed by atoms with Crippen molar-refractivity contribution < 1.29 is 13.9 Å². The molecule has 3 N–H and O–H groups in total. The summed E-state index contributed by atoms with van der Waals surface area (Å²) in [5, 5.41) is 8.14. The van der Waals surface area contributed by atoms with Crippen molar-refractivity contribution in [2.75, 3.05) is 11.1 Å². The minimum atomic E-state index is -0.602. The van der Waals surface area contributed by atoms with Gasteiger partial charge in [-0.05, 0) is 37.1 Å². The van der Waals surface area contributed by atoms with Crippen molar-refractivity contribution >= 4 is 39.5 Å². The number of nitrogens with zero attached hydrogens (tertiary/aromatic N) is 6. The average Bonchev–Trinajstić information content (AvgIpc) is 3.58. The molecule has 0 radical (unpaired) electrons. The van der Waals surface area contributed by atoms with E-state index >= 15 is 0 Å². The van der Waals surface area contributed by atoms with E-state index in [0.717, 1.165) is 11.3 Å². The summed E-state index contributed by atoms with van der Waals surface area (Å²) in [6, 6.07) is 7.27. The highest BCUT2D eigenvalue weighted by Gasteiger charge is 2.33. The topological polar surface area (TPSA) is 139 Å². The fraction of sp³-hybridized carbons (Fsp3) is 0.261. The summed E-state index contributed by atoms with van der Waals surface area (Å²) in [5.74, 6) is 0.738. The number of nitrogens with two attached hydrogens (primary N) is 1. The molecular formula is C23H22N8O3. The van der Waals surface area contributed by atoms with Crippen LogP contribution >= 0.6 is 0 Å². The minimum absolute atomic E-state index is 0.211. The molecule has 0 saturated carbocycles. The predicted molar refractivity (Wildman–Crippen MR) is 125 cm³/mol. The van der Waals surface area contributed by atoms with Gasteiger partial charge in [-0.2, -0.15) is 5.10 Å². The lowest BCUT2D eigenvalue weighted by Gasteiger charge is -2.16. The molecule has 0 bridgehead atoms. The van der Waals surface area contributed by atoms with Crippen molar-refractivity contribution in [3.8, 4) is 11.3 Å². The molecule has 1 aromatic carbocycles. The number of carbonyl (C=O) groups is 1. The second-order valence-electron chi connectivity index (χ2n) is 8.34. The molecule has 34 heavy (non-hydrogen) atoms. The van der Waals surface area contributed by atoms with E-state index in [1.165, 1.54) is 6.33 Å². The molecule has 5 heterocycles. The Morgan fingerprint density at radius 2 is 2.12 bits per heavy atom. The smallest absolute Gasteiger partial charge is 0.253 e. The zero-order valence-corrected chi connectivity index (χ0v) is 18.6. The molecule has 2 unspecified atom stereocenters. The standard InChI is InChI=1S/C23H22N8O3/c1-12-27-16-9-13(3-4-17(16)33-12)28-23(32)18-5-6-19(34-18)31-10-14(15-7-8-30(2)29-15)20-21(24)25-11-26-22(20)31/h3-4,7-11,18-19H,5-6H2,1-2H3,(H,28,32)(H2,24,25,26). The van der Waals surface area contributed by atoms with Crippen LogP contribution in [0.2, 0.25) is 0 Å². The summed E-state index contributed by atoms with van der Waals surface area (Å²) < 4.78 is 15.3. The quantitative estimate of drug-likeness (QED) is 0.419. The number of anilines is 2. The molecule has 11 nitrogen and oxygen atoms in total. The molecule has 6 rings (SSSR count). The van der Waals surface area contributed by atoms with E-state index in [1.807, 2.05) is 30.1 Å². The molecule has 5 aromatic rings. The molecule has 2 atom stereocenters. The van der Waals surface area contributed by atoms with Gasteiger partial charge in [-0.3, -0.25) is 9.48 Å². The Kier molecular flexibility index (Phi) is 4.59. The Morgan fingerprint density at radius 1 is 1.24 bits per heavy atom. The first-order valence-electron chi connectivity index (χ1n) is 10.9. The summed E-state index contributed by atoms with van der Waals surface area (Å²) in [6.45, 7) is 1.79. The number of carbonyl (C=O) groups excluding carboxylic acids is 1. The van der Waals surface area contributed by atoms with Gasteiger partial charge in [0.1, 0.15) is 35.6 Å². The number of nitrogens with one attached hydrogen (secondary N) is 1.